The Morgan fingerprint density at radius 1 is 1.24 bits per heavy atom. The maximum Gasteiger partial charge on any atom is 0.225 e. The second-order valence-electron chi connectivity index (χ2n) is 5.48. The standard InChI is InChI=1S/C15H25N5O/c16-8-3-1-2-5-14(21)19-13-6-11-20(12-7-13)15-17-9-4-10-18-15/h4,9-10,13H,1-3,5-8,11-12,16H2,(H,19,21). The van der Waals surface area contributed by atoms with E-state index in [4.69, 9.17) is 5.73 Å². The summed E-state index contributed by atoms with van der Waals surface area (Å²) in [5.74, 6) is 0.950. The zero-order valence-electron chi connectivity index (χ0n) is 12.5. The average molecular weight is 291 g/mol. The van der Waals surface area contributed by atoms with E-state index in [1.807, 2.05) is 6.07 Å². The van der Waals surface area contributed by atoms with Gasteiger partial charge in [0.15, 0.2) is 0 Å². The van der Waals surface area contributed by atoms with Crippen molar-refractivity contribution in [3.05, 3.63) is 18.5 Å². The molecule has 6 nitrogen and oxygen atoms in total. The van der Waals surface area contributed by atoms with E-state index in [1.54, 1.807) is 12.4 Å². The van der Waals surface area contributed by atoms with E-state index in [0.717, 1.165) is 51.1 Å². The molecule has 116 valence electrons. The van der Waals surface area contributed by atoms with Crippen LogP contribution in [-0.2, 0) is 4.79 Å². The highest BCUT2D eigenvalue weighted by Crippen LogP contribution is 2.15. The van der Waals surface area contributed by atoms with E-state index < -0.39 is 0 Å². The molecule has 0 bridgehead atoms. The number of unbranched alkanes of at least 4 members (excludes halogenated alkanes) is 2. The quantitative estimate of drug-likeness (QED) is 0.734. The van der Waals surface area contributed by atoms with Crippen LogP contribution in [0.5, 0.6) is 0 Å². The number of carbonyl (C=O) groups is 1. The summed E-state index contributed by atoms with van der Waals surface area (Å²) in [6.07, 6.45) is 9.01. The summed E-state index contributed by atoms with van der Waals surface area (Å²) in [6, 6.07) is 2.10. The van der Waals surface area contributed by atoms with Crippen molar-refractivity contribution in [3.63, 3.8) is 0 Å². The fourth-order valence-electron chi connectivity index (χ4n) is 2.58. The first kappa shape index (κ1) is 15.7. The number of anilines is 1. The Morgan fingerprint density at radius 2 is 1.95 bits per heavy atom. The molecule has 1 fully saturated rings. The normalized spacial score (nSPS) is 16.0. The molecule has 0 spiro atoms. The Hall–Kier alpha value is -1.69. The molecule has 0 unspecified atom stereocenters. The van der Waals surface area contributed by atoms with E-state index in [-0.39, 0.29) is 11.9 Å². The predicted molar refractivity (Wildman–Crippen MR) is 82.9 cm³/mol. The van der Waals surface area contributed by atoms with Crippen LogP contribution < -0.4 is 16.0 Å². The van der Waals surface area contributed by atoms with Gasteiger partial charge in [-0.3, -0.25) is 4.79 Å². The Labute approximate surface area is 126 Å². The fourth-order valence-corrected chi connectivity index (χ4v) is 2.58. The minimum absolute atomic E-state index is 0.168. The number of nitrogens with one attached hydrogen (secondary N) is 1. The largest absolute Gasteiger partial charge is 0.353 e. The summed E-state index contributed by atoms with van der Waals surface area (Å²) < 4.78 is 0. The lowest BCUT2D eigenvalue weighted by molar-refractivity contribution is -0.122. The Kier molecular flexibility index (Phi) is 6.40. The molecule has 21 heavy (non-hydrogen) atoms. The molecule has 1 aliphatic heterocycles. The minimum atomic E-state index is 0.168. The second kappa shape index (κ2) is 8.56. The third kappa shape index (κ3) is 5.30. The number of nitrogens with zero attached hydrogens (tertiary/aromatic N) is 3. The minimum Gasteiger partial charge on any atom is -0.353 e. The van der Waals surface area contributed by atoms with E-state index in [2.05, 4.69) is 20.2 Å². The number of rotatable bonds is 7. The van der Waals surface area contributed by atoms with Crippen LogP contribution >= 0.6 is 0 Å². The molecular weight excluding hydrogens is 266 g/mol. The van der Waals surface area contributed by atoms with Crippen molar-refractivity contribution in [1.29, 1.82) is 0 Å². The first-order valence-electron chi connectivity index (χ1n) is 7.81. The highest BCUT2D eigenvalue weighted by molar-refractivity contribution is 5.76. The van der Waals surface area contributed by atoms with Gasteiger partial charge in [0, 0.05) is 37.9 Å². The summed E-state index contributed by atoms with van der Waals surface area (Å²) in [4.78, 5) is 22.5. The number of hydrogen-bond acceptors (Lipinski definition) is 5. The topological polar surface area (TPSA) is 84.1 Å². The zero-order valence-corrected chi connectivity index (χ0v) is 12.5. The molecule has 1 aromatic heterocycles. The van der Waals surface area contributed by atoms with Crippen LogP contribution in [0.4, 0.5) is 5.95 Å². The van der Waals surface area contributed by atoms with Gasteiger partial charge in [0.2, 0.25) is 11.9 Å². The molecule has 1 amide bonds. The molecule has 0 aliphatic carbocycles. The van der Waals surface area contributed by atoms with Gasteiger partial charge in [-0.15, -0.1) is 0 Å². The van der Waals surface area contributed by atoms with E-state index in [9.17, 15) is 4.79 Å². The van der Waals surface area contributed by atoms with Gasteiger partial charge in [-0.25, -0.2) is 9.97 Å². The first-order valence-corrected chi connectivity index (χ1v) is 7.81. The molecule has 1 aliphatic rings. The lowest BCUT2D eigenvalue weighted by Crippen LogP contribution is -2.45. The summed E-state index contributed by atoms with van der Waals surface area (Å²) in [6.45, 7) is 2.49. The lowest BCUT2D eigenvalue weighted by Gasteiger charge is -2.32. The molecular formula is C15H25N5O. The third-order valence-corrected chi connectivity index (χ3v) is 3.80. The SMILES string of the molecule is NCCCCCC(=O)NC1CCN(c2ncccn2)CC1. The van der Waals surface area contributed by atoms with Crippen LogP contribution in [0, 0.1) is 0 Å². The second-order valence-corrected chi connectivity index (χ2v) is 5.48. The van der Waals surface area contributed by atoms with Crippen LogP contribution in [0.15, 0.2) is 18.5 Å². The molecule has 0 saturated carbocycles. The molecule has 6 heteroatoms. The highest BCUT2D eigenvalue weighted by atomic mass is 16.1. The van der Waals surface area contributed by atoms with Crippen molar-refractivity contribution in [2.24, 2.45) is 5.73 Å². The molecule has 0 aromatic carbocycles. The van der Waals surface area contributed by atoms with Gasteiger partial charge in [-0.05, 0) is 38.3 Å². The van der Waals surface area contributed by atoms with Gasteiger partial charge in [-0.1, -0.05) is 6.42 Å². The highest BCUT2D eigenvalue weighted by Gasteiger charge is 2.21. The number of piperidine rings is 1. The summed E-state index contributed by atoms with van der Waals surface area (Å²) in [5.41, 5.74) is 5.44. The van der Waals surface area contributed by atoms with Crippen LogP contribution in [0.25, 0.3) is 0 Å². The maximum atomic E-state index is 11.8. The number of carbonyl (C=O) groups excluding carboxylic acids is 1. The van der Waals surface area contributed by atoms with Crippen LogP contribution in [-0.4, -0.2) is 41.6 Å². The first-order chi connectivity index (χ1) is 10.3. The Balaban J connectivity index is 1.66. The lowest BCUT2D eigenvalue weighted by atomic mass is 10.0. The number of nitrogens with two attached hydrogens (primary N) is 1. The van der Waals surface area contributed by atoms with Crippen LogP contribution in [0.1, 0.15) is 38.5 Å². The van der Waals surface area contributed by atoms with Crippen molar-refractivity contribution in [2.75, 3.05) is 24.5 Å². The molecule has 0 atom stereocenters. The fraction of sp³-hybridized carbons (Fsp3) is 0.667. The Morgan fingerprint density at radius 3 is 2.62 bits per heavy atom. The van der Waals surface area contributed by atoms with Crippen LogP contribution in [0.2, 0.25) is 0 Å². The molecule has 1 saturated heterocycles. The van der Waals surface area contributed by atoms with Gasteiger partial charge in [0.1, 0.15) is 0 Å². The van der Waals surface area contributed by atoms with Crippen molar-refractivity contribution in [3.8, 4) is 0 Å². The van der Waals surface area contributed by atoms with Crippen LogP contribution in [0.3, 0.4) is 0 Å². The molecule has 0 radical (unpaired) electrons. The predicted octanol–water partition coefficient (Wildman–Crippen LogP) is 1.08. The van der Waals surface area contributed by atoms with Crippen molar-refractivity contribution in [2.45, 2.75) is 44.6 Å². The number of hydrogen-bond donors (Lipinski definition) is 2. The van der Waals surface area contributed by atoms with Gasteiger partial charge in [-0.2, -0.15) is 0 Å². The number of aromatic nitrogens is 2. The monoisotopic (exact) mass is 291 g/mol. The van der Waals surface area contributed by atoms with Gasteiger partial charge in [0.05, 0.1) is 0 Å². The number of amides is 1. The third-order valence-electron chi connectivity index (χ3n) is 3.80. The molecule has 2 rings (SSSR count). The Bertz CT molecular complexity index is 417. The molecule has 1 aromatic rings. The van der Waals surface area contributed by atoms with Crippen molar-refractivity contribution >= 4 is 11.9 Å². The summed E-state index contributed by atoms with van der Waals surface area (Å²) >= 11 is 0. The summed E-state index contributed by atoms with van der Waals surface area (Å²) in [7, 11) is 0. The zero-order chi connectivity index (χ0) is 14.9. The van der Waals surface area contributed by atoms with Crippen molar-refractivity contribution in [1.82, 2.24) is 15.3 Å². The summed E-state index contributed by atoms with van der Waals surface area (Å²) in [5, 5.41) is 3.13. The van der Waals surface area contributed by atoms with E-state index in [1.165, 1.54) is 0 Å². The van der Waals surface area contributed by atoms with Gasteiger partial charge < -0.3 is 16.0 Å². The van der Waals surface area contributed by atoms with Crippen molar-refractivity contribution < 1.29 is 4.79 Å². The molecule has 3 N–H and O–H groups in total. The van der Waals surface area contributed by atoms with E-state index in [0.29, 0.717) is 13.0 Å². The molecule has 2 heterocycles. The average Bonchev–Trinajstić information content (AvgIpc) is 2.53. The smallest absolute Gasteiger partial charge is 0.225 e. The van der Waals surface area contributed by atoms with Gasteiger partial charge >= 0.3 is 0 Å². The maximum absolute atomic E-state index is 11.8. The van der Waals surface area contributed by atoms with E-state index >= 15 is 0 Å². The van der Waals surface area contributed by atoms with Gasteiger partial charge in [0.25, 0.3) is 0 Å².